The Labute approximate surface area is 139 Å². The van der Waals surface area contributed by atoms with Crippen molar-refractivity contribution in [2.45, 2.75) is 46.3 Å². The van der Waals surface area contributed by atoms with Gasteiger partial charge in [0.15, 0.2) is 0 Å². The summed E-state index contributed by atoms with van der Waals surface area (Å²) in [6, 6.07) is 8.04. The molecule has 0 unspecified atom stereocenters. The number of piperazine rings is 1. The standard InChI is InChI=1S/C18H29N3O2/c1-13(2)16-12-20(15-8-6-14(19)7-9-15)10-11-21(16)17(22)23-18(3,4)5/h6-9,13,16H,10-12,19H2,1-5H3/t16-/m1/s1. The minimum absolute atomic E-state index is 0.135. The van der Waals surface area contributed by atoms with Crippen molar-refractivity contribution in [3.8, 4) is 0 Å². The average molecular weight is 319 g/mol. The topological polar surface area (TPSA) is 58.8 Å². The van der Waals surface area contributed by atoms with Crippen LogP contribution in [-0.2, 0) is 4.74 Å². The number of nitrogens with two attached hydrogens (primary N) is 1. The van der Waals surface area contributed by atoms with Gasteiger partial charge in [-0.25, -0.2) is 4.79 Å². The highest BCUT2D eigenvalue weighted by molar-refractivity contribution is 5.69. The number of benzene rings is 1. The van der Waals surface area contributed by atoms with Gasteiger partial charge >= 0.3 is 6.09 Å². The van der Waals surface area contributed by atoms with Crippen molar-refractivity contribution < 1.29 is 9.53 Å². The van der Waals surface area contributed by atoms with E-state index in [4.69, 9.17) is 10.5 Å². The highest BCUT2D eigenvalue weighted by Crippen LogP contribution is 2.25. The lowest BCUT2D eigenvalue weighted by Gasteiger charge is -2.44. The normalized spacial score (nSPS) is 19.1. The number of ether oxygens (including phenoxy) is 1. The molecule has 1 saturated heterocycles. The second-order valence-electron chi connectivity index (χ2n) is 7.52. The van der Waals surface area contributed by atoms with Gasteiger partial charge in [0.1, 0.15) is 5.60 Å². The number of hydrogen-bond acceptors (Lipinski definition) is 4. The van der Waals surface area contributed by atoms with Crippen LogP contribution in [0.5, 0.6) is 0 Å². The zero-order valence-corrected chi connectivity index (χ0v) is 14.9. The Balaban J connectivity index is 2.11. The van der Waals surface area contributed by atoms with Crippen LogP contribution in [0.4, 0.5) is 16.2 Å². The molecular formula is C18H29N3O2. The molecule has 23 heavy (non-hydrogen) atoms. The molecule has 2 rings (SSSR count). The molecule has 0 aliphatic carbocycles. The Morgan fingerprint density at radius 3 is 2.35 bits per heavy atom. The summed E-state index contributed by atoms with van der Waals surface area (Å²) in [5, 5.41) is 0. The third-order valence-electron chi connectivity index (χ3n) is 4.07. The summed E-state index contributed by atoms with van der Waals surface area (Å²) in [6.07, 6.45) is -0.215. The van der Waals surface area contributed by atoms with Crippen molar-refractivity contribution >= 4 is 17.5 Å². The molecule has 1 atom stereocenters. The molecule has 0 radical (unpaired) electrons. The highest BCUT2D eigenvalue weighted by Gasteiger charge is 2.34. The van der Waals surface area contributed by atoms with Crippen LogP contribution in [0, 0.1) is 5.92 Å². The van der Waals surface area contributed by atoms with E-state index in [9.17, 15) is 4.79 Å². The lowest BCUT2D eigenvalue weighted by Crippen LogP contribution is -2.58. The Bertz CT molecular complexity index is 534. The maximum atomic E-state index is 12.5. The molecule has 1 fully saturated rings. The van der Waals surface area contributed by atoms with Gasteiger partial charge in [-0.05, 0) is 51.0 Å². The van der Waals surface area contributed by atoms with E-state index in [1.54, 1.807) is 0 Å². The molecule has 1 amide bonds. The van der Waals surface area contributed by atoms with Crippen LogP contribution in [0.2, 0.25) is 0 Å². The summed E-state index contributed by atoms with van der Waals surface area (Å²) in [7, 11) is 0. The predicted molar refractivity (Wildman–Crippen MR) is 94.6 cm³/mol. The van der Waals surface area contributed by atoms with Gasteiger partial charge in [0.2, 0.25) is 0 Å². The molecule has 1 aliphatic rings. The number of amides is 1. The van der Waals surface area contributed by atoms with E-state index in [1.165, 1.54) is 0 Å². The first-order valence-corrected chi connectivity index (χ1v) is 8.27. The largest absolute Gasteiger partial charge is 0.444 e. The zero-order chi connectivity index (χ0) is 17.2. The average Bonchev–Trinajstić information content (AvgIpc) is 2.45. The zero-order valence-electron chi connectivity index (χ0n) is 14.9. The van der Waals surface area contributed by atoms with Crippen molar-refractivity contribution in [2.75, 3.05) is 30.3 Å². The van der Waals surface area contributed by atoms with E-state index in [1.807, 2.05) is 49.9 Å². The fraction of sp³-hybridized carbons (Fsp3) is 0.611. The molecule has 1 aromatic carbocycles. The van der Waals surface area contributed by atoms with E-state index < -0.39 is 5.60 Å². The van der Waals surface area contributed by atoms with E-state index in [0.29, 0.717) is 12.5 Å². The van der Waals surface area contributed by atoms with Gasteiger partial charge < -0.3 is 20.3 Å². The van der Waals surface area contributed by atoms with Crippen LogP contribution in [0.15, 0.2) is 24.3 Å². The first kappa shape index (κ1) is 17.4. The van der Waals surface area contributed by atoms with Gasteiger partial charge in [-0.2, -0.15) is 0 Å². The van der Waals surface area contributed by atoms with Gasteiger partial charge in [0.05, 0.1) is 6.04 Å². The number of anilines is 2. The van der Waals surface area contributed by atoms with Crippen LogP contribution in [-0.4, -0.2) is 42.3 Å². The second-order valence-corrected chi connectivity index (χ2v) is 7.52. The monoisotopic (exact) mass is 319 g/mol. The number of nitrogen functional groups attached to an aromatic ring is 1. The summed E-state index contributed by atoms with van der Waals surface area (Å²) in [5.41, 5.74) is 7.21. The highest BCUT2D eigenvalue weighted by atomic mass is 16.6. The number of nitrogens with zero attached hydrogens (tertiary/aromatic N) is 2. The Kier molecular flexibility index (Phi) is 5.07. The summed E-state index contributed by atoms with van der Waals surface area (Å²) in [4.78, 5) is 16.7. The van der Waals surface area contributed by atoms with Crippen LogP contribution >= 0.6 is 0 Å². The minimum Gasteiger partial charge on any atom is -0.444 e. The van der Waals surface area contributed by atoms with Crippen molar-refractivity contribution in [3.05, 3.63) is 24.3 Å². The number of carbonyl (C=O) groups excluding carboxylic acids is 1. The predicted octanol–water partition coefficient (Wildman–Crippen LogP) is 3.35. The summed E-state index contributed by atoms with van der Waals surface area (Å²) in [5.74, 6) is 0.360. The van der Waals surface area contributed by atoms with E-state index in [-0.39, 0.29) is 12.1 Å². The molecule has 128 valence electrons. The Morgan fingerprint density at radius 1 is 1.22 bits per heavy atom. The Morgan fingerprint density at radius 2 is 1.83 bits per heavy atom. The van der Waals surface area contributed by atoms with Crippen LogP contribution in [0.1, 0.15) is 34.6 Å². The number of rotatable bonds is 2. The third kappa shape index (κ3) is 4.53. The van der Waals surface area contributed by atoms with Crippen LogP contribution in [0.25, 0.3) is 0 Å². The molecule has 2 N–H and O–H groups in total. The molecule has 0 aromatic heterocycles. The van der Waals surface area contributed by atoms with Crippen molar-refractivity contribution in [2.24, 2.45) is 5.92 Å². The molecule has 1 aliphatic heterocycles. The van der Waals surface area contributed by atoms with Gasteiger partial charge in [-0.1, -0.05) is 13.8 Å². The SMILES string of the molecule is CC(C)[C@H]1CN(c2ccc(N)cc2)CCN1C(=O)OC(C)(C)C. The third-order valence-corrected chi connectivity index (χ3v) is 4.07. The number of hydrogen-bond donors (Lipinski definition) is 1. The maximum Gasteiger partial charge on any atom is 0.410 e. The summed E-state index contributed by atoms with van der Waals surface area (Å²) < 4.78 is 5.57. The van der Waals surface area contributed by atoms with Crippen molar-refractivity contribution in [3.63, 3.8) is 0 Å². The van der Waals surface area contributed by atoms with E-state index >= 15 is 0 Å². The fourth-order valence-electron chi connectivity index (χ4n) is 2.85. The minimum atomic E-state index is -0.466. The molecule has 5 heteroatoms. The van der Waals surface area contributed by atoms with Gasteiger partial charge in [-0.15, -0.1) is 0 Å². The summed E-state index contributed by atoms with van der Waals surface area (Å²) >= 11 is 0. The molecule has 0 saturated carbocycles. The molecule has 5 nitrogen and oxygen atoms in total. The lowest BCUT2D eigenvalue weighted by molar-refractivity contribution is 0.00883. The van der Waals surface area contributed by atoms with Crippen molar-refractivity contribution in [1.82, 2.24) is 4.90 Å². The first-order valence-electron chi connectivity index (χ1n) is 8.27. The number of carbonyl (C=O) groups is 1. The van der Waals surface area contributed by atoms with Gasteiger partial charge in [-0.3, -0.25) is 0 Å². The van der Waals surface area contributed by atoms with Crippen molar-refractivity contribution in [1.29, 1.82) is 0 Å². The molecule has 1 heterocycles. The molecular weight excluding hydrogens is 290 g/mol. The lowest BCUT2D eigenvalue weighted by atomic mass is 9.99. The Hall–Kier alpha value is -1.91. The van der Waals surface area contributed by atoms with Crippen LogP contribution < -0.4 is 10.6 Å². The molecule has 0 spiro atoms. The maximum absolute atomic E-state index is 12.5. The fourth-order valence-corrected chi connectivity index (χ4v) is 2.85. The smallest absolute Gasteiger partial charge is 0.410 e. The summed E-state index contributed by atoms with van der Waals surface area (Å²) in [6.45, 7) is 12.3. The molecule has 1 aromatic rings. The second kappa shape index (κ2) is 6.69. The van der Waals surface area contributed by atoms with E-state index in [0.717, 1.165) is 24.5 Å². The quantitative estimate of drug-likeness (QED) is 0.849. The first-order chi connectivity index (χ1) is 10.7. The molecule has 0 bridgehead atoms. The van der Waals surface area contributed by atoms with Gasteiger partial charge in [0.25, 0.3) is 0 Å². The van der Waals surface area contributed by atoms with Gasteiger partial charge in [0, 0.05) is 31.0 Å². The van der Waals surface area contributed by atoms with Crippen LogP contribution in [0.3, 0.4) is 0 Å². The van der Waals surface area contributed by atoms with E-state index in [2.05, 4.69) is 18.7 Å².